The summed E-state index contributed by atoms with van der Waals surface area (Å²) in [5, 5.41) is 10.0. The number of aromatic nitrogens is 3. The number of hydrogen-bond acceptors (Lipinski definition) is 4. The first-order chi connectivity index (χ1) is 11.7. The maximum absolute atomic E-state index is 6.09. The summed E-state index contributed by atoms with van der Waals surface area (Å²) in [6, 6.07) is 13.4. The fourth-order valence-corrected chi connectivity index (χ4v) is 3.46. The molecule has 0 unspecified atom stereocenters. The van der Waals surface area contributed by atoms with Gasteiger partial charge >= 0.3 is 0 Å². The smallest absolute Gasteiger partial charge is 0.195 e. The third kappa shape index (κ3) is 3.86. The highest BCUT2D eigenvalue weighted by molar-refractivity contribution is 7.99. The fourth-order valence-electron chi connectivity index (χ4n) is 2.22. The molecule has 1 heterocycles. The lowest BCUT2D eigenvalue weighted by atomic mass is 10.2. The van der Waals surface area contributed by atoms with Crippen LogP contribution in [0.2, 0.25) is 10.0 Å². The quantitative estimate of drug-likeness (QED) is 0.443. The molecule has 3 rings (SSSR count). The molecule has 0 atom stereocenters. The highest BCUT2D eigenvalue weighted by Crippen LogP contribution is 2.32. The standard InChI is InChI=1S/C17H15Cl2N3OS/c1-12-5-2-3-8-15(12)22-11-20-21-17(22)24-10-9-23-16-13(18)6-4-7-14(16)19/h2-8,11H,9-10H2,1H3. The minimum absolute atomic E-state index is 0.467. The first kappa shape index (κ1) is 17.1. The highest BCUT2D eigenvalue weighted by Gasteiger charge is 2.10. The Morgan fingerprint density at radius 2 is 1.83 bits per heavy atom. The molecule has 3 aromatic rings. The van der Waals surface area contributed by atoms with E-state index in [4.69, 9.17) is 27.9 Å². The number of hydrogen-bond donors (Lipinski definition) is 0. The van der Waals surface area contributed by atoms with Crippen LogP contribution in [0.4, 0.5) is 0 Å². The number of thioether (sulfide) groups is 1. The van der Waals surface area contributed by atoms with E-state index in [0.717, 1.165) is 10.8 Å². The molecule has 0 aliphatic carbocycles. The number of halogens is 2. The van der Waals surface area contributed by atoms with Crippen molar-refractivity contribution in [2.24, 2.45) is 0 Å². The first-order valence-electron chi connectivity index (χ1n) is 7.32. The van der Waals surface area contributed by atoms with E-state index >= 15 is 0 Å². The van der Waals surface area contributed by atoms with Crippen LogP contribution < -0.4 is 4.74 Å². The molecule has 0 amide bonds. The summed E-state index contributed by atoms with van der Waals surface area (Å²) in [4.78, 5) is 0. The van der Waals surface area contributed by atoms with Gasteiger partial charge in [0.15, 0.2) is 10.9 Å². The predicted molar refractivity (Wildman–Crippen MR) is 98.8 cm³/mol. The molecule has 0 aliphatic heterocycles. The van der Waals surface area contributed by atoms with Gasteiger partial charge in [-0.2, -0.15) is 0 Å². The molecular formula is C17H15Cl2N3OS. The Morgan fingerprint density at radius 3 is 2.58 bits per heavy atom. The molecule has 0 fully saturated rings. The number of aryl methyl sites for hydroxylation is 1. The second-order valence-electron chi connectivity index (χ2n) is 5.02. The average molecular weight is 380 g/mol. The van der Waals surface area contributed by atoms with E-state index in [1.165, 1.54) is 5.56 Å². The van der Waals surface area contributed by atoms with Crippen molar-refractivity contribution in [2.75, 3.05) is 12.4 Å². The van der Waals surface area contributed by atoms with Crippen molar-refractivity contribution in [2.45, 2.75) is 12.1 Å². The summed E-state index contributed by atoms with van der Waals surface area (Å²) >= 11 is 13.7. The molecule has 4 nitrogen and oxygen atoms in total. The van der Waals surface area contributed by atoms with Gasteiger partial charge in [0.25, 0.3) is 0 Å². The number of benzene rings is 2. The Kier molecular flexibility index (Phi) is 5.66. The van der Waals surface area contributed by atoms with E-state index in [0.29, 0.717) is 28.2 Å². The van der Waals surface area contributed by atoms with Gasteiger partial charge in [0.2, 0.25) is 0 Å². The van der Waals surface area contributed by atoms with E-state index in [1.807, 2.05) is 22.8 Å². The van der Waals surface area contributed by atoms with Crippen LogP contribution >= 0.6 is 35.0 Å². The van der Waals surface area contributed by atoms with Crippen LogP contribution in [0.1, 0.15) is 5.56 Å². The van der Waals surface area contributed by atoms with E-state index < -0.39 is 0 Å². The normalized spacial score (nSPS) is 10.8. The molecule has 1 aromatic heterocycles. The van der Waals surface area contributed by atoms with Crippen LogP contribution in [-0.4, -0.2) is 27.1 Å². The Hall–Kier alpha value is -1.69. The lowest BCUT2D eigenvalue weighted by molar-refractivity contribution is 0.344. The molecular weight excluding hydrogens is 365 g/mol. The predicted octanol–water partition coefficient (Wildman–Crippen LogP) is 5.05. The average Bonchev–Trinajstić information content (AvgIpc) is 3.02. The molecule has 0 saturated carbocycles. The molecule has 0 spiro atoms. The SMILES string of the molecule is Cc1ccccc1-n1cnnc1SCCOc1c(Cl)cccc1Cl. The summed E-state index contributed by atoms with van der Waals surface area (Å²) in [7, 11) is 0. The molecule has 0 aliphatic rings. The lowest BCUT2D eigenvalue weighted by Gasteiger charge is -2.10. The van der Waals surface area contributed by atoms with Crippen LogP contribution in [0.3, 0.4) is 0 Å². The van der Waals surface area contributed by atoms with Crippen LogP contribution in [0.15, 0.2) is 53.9 Å². The van der Waals surface area contributed by atoms with E-state index in [2.05, 4.69) is 23.2 Å². The molecule has 124 valence electrons. The van der Waals surface area contributed by atoms with Crippen LogP contribution in [-0.2, 0) is 0 Å². The number of nitrogens with zero attached hydrogens (tertiary/aromatic N) is 3. The third-order valence-corrected chi connectivity index (χ3v) is 4.87. The van der Waals surface area contributed by atoms with Crippen molar-refractivity contribution in [3.63, 3.8) is 0 Å². The van der Waals surface area contributed by atoms with Gasteiger partial charge in [0, 0.05) is 5.75 Å². The van der Waals surface area contributed by atoms with Crippen molar-refractivity contribution in [3.05, 3.63) is 64.4 Å². The second kappa shape index (κ2) is 7.92. The number of ether oxygens (including phenoxy) is 1. The molecule has 0 N–H and O–H groups in total. The van der Waals surface area contributed by atoms with Crippen molar-refractivity contribution < 1.29 is 4.74 Å². The van der Waals surface area contributed by atoms with Crippen molar-refractivity contribution >= 4 is 35.0 Å². The molecule has 0 saturated heterocycles. The number of rotatable bonds is 6. The molecule has 0 radical (unpaired) electrons. The highest BCUT2D eigenvalue weighted by atomic mass is 35.5. The largest absolute Gasteiger partial charge is 0.490 e. The number of para-hydroxylation sites is 2. The maximum atomic E-state index is 6.09. The van der Waals surface area contributed by atoms with E-state index in [9.17, 15) is 0 Å². The molecule has 24 heavy (non-hydrogen) atoms. The summed E-state index contributed by atoms with van der Waals surface area (Å²) < 4.78 is 7.67. The zero-order chi connectivity index (χ0) is 16.9. The van der Waals surface area contributed by atoms with Crippen LogP contribution in [0.25, 0.3) is 5.69 Å². The Bertz CT molecular complexity index is 818. The first-order valence-corrected chi connectivity index (χ1v) is 9.06. The summed E-state index contributed by atoms with van der Waals surface area (Å²) in [5.41, 5.74) is 2.23. The molecule has 7 heteroatoms. The van der Waals surface area contributed by atoms with Crippen molar-refractivity contribution in [3.8, 4) is 11.4 Å². The fraction of sp³-hybridized carbons (Fsp3) is 0.176. The van der Waals surface area contributed by atoms with Gasteiger partial charge in [-0.15, -0.1) is 10.2 Å². The Labute approximate surface area is 154 Å². The van der Waals surface area contributed by atoms with Gasteiger partial charge in [-0.25, -0.2) is 0 Å². The van der Waals surface area contributed by atoms with Crippen LogP contribution in [0, 0.1) is 6.92 Å². The van der Waals surface area contributed by atoms with E-state index in [1.54, 1.807) is 36.3 Å². The van der Waals surface area contributed by atoms with Crippen molar-refractivity contribution in [1.82, 2.24) is 14.8 Å². The van der Waals surface area contributed by atoms with Gasteiger partial charge in [-0.1, -0.05) is 59.2 Å². The maximum Gasteiger partial charge on any atom is 0.195 e. The van der Waals surface area contributed by atoms with Gasteiger partial charge in [-0.05, 0) is 30.7 Å². The van der Waals surface area contributed by atoms with Gasteiger partial charge < -0.3 is 4.74 Å². The zero-order valence-corrected chi connectivity index (χ0v) is 15.3. The van der Waals surface area contributed by atoms with Gasteiger partial charge in [0.05, 0.1) is 22.3 Å². The Balaban J connectivity index is 1.63. The minimum Gasteiger partial charge on any atom is -0.490 e. The minimum atomic E-state index is 0.467. The summed E-state index contributed by atoms with van der Waals surface area (Å²) in [6.45, 7) is 2.53. The third-order valence-electron chi connectivity index (χ3n) is 3.37. The van der Waals surface area contributed by atoms with Gasteiger partial charge in [0.1, 0.15) is 6.33 Å². The van der Waals surface area contributed by atoms with Crippen LogP contribution in [0.5, 0.6) is 5.75 Å². The Morgan fingerprint density at radius 1 is 1.08 bits per heavy atom. The monoisotopic (exact) mass is 379 g/mol. The molecule has 0 bridgehead atoms. The van der Waals surface area contributed by atoms with E-state index in [-0.39, 0.29) is 0 Å². The van der Waals surface area contributed by atoms with Crippen molar-refractivity contribution in [1.29, 1.82) is 0 Å². The summed E-state index contributed by atoms with van der Waals surface area (Å²) in [6.07, 6.45) is 1.72. The zero-order valence-electron chi connectivity index (χ0n) is 12.9. The molecule has 2 aromatic carbocycles. The topological polar surface area (TPSA) is 39.9 Å². The van der Waals surface area contributed by atoms with Gasteiger partial charge in [-0.3, -0.25) is 4.57 Å². The second-order valence-corrected chi connectivity index (χ2v) is 6.89. The summed E-state index contributed by atoms with van der Waals surface area (Å²) in [5.74, 6) is 1.22. The lowest BCUT2D eigenvalue weighted by Crippen LogP contribution is -2.03.